The molecule has 0 saturated heterocycles. The molecule has 0 unspecified atom stereocenters. The van der Waals surface area contributed by atoms with Crippen molar-refractivity contribution < 1.29 is 5.11 Å². The molecule has 3 nitrogen and oxygen atoms in total. The van der Waals surface area contributed by atoms with Gasteiger partial charge in [0.1, 0.15) is 0 Å². The van der Waals surface area contributed by atoms with Gasteiger partial charge in [0.2, 0.25) is 0 Å². The third-order valence-electron chi connectivity index (χ3n) is 4.58. The van der Waals surface area contributed by atoms with E-state index in [0.717, 1.165) is 22.2 Å². The number of thiol groups is 1. The summed E-state index contributed by atoms with van der Waals surface area (Å²) in [4.78, 5) is 5.02. The van der Waals surface area contributed by atoms with E-state index in [0.29, 0.717) is 6.54 Å². The number of aryl methyl sites for hydroxylation is 1. The molecule has 0 bridgehead atoms. The van der Waals surface area contributed by atoms with Crippen LogP contribution in [0.4, 0.5) is 0 Å². The zero-order chi connectivity index (χ0) is 20.5. The Morgan fingerprint density at radius 2 is 1.72 bits per heavy atom. The van der Waals surface area contributed by atoms with Gasteiger partial charge in [0.15, 0.2) is 0 Å². The van der Waals surface area contributed by atoms with E-state index in [-0.39, 0.29) is 6.61 Å². The average Bonchev–Trinajstić information content (AvgIpc) is 2.75. The molecular weight excluding hydrogens is 376 g/mol. The number of pyridine rings is 1. The molecule has 0 atom stereocenters. The van der Waals surface area contributed by atoms with Gasteiger partial charge in [-0.15, -0.1) is 12.6 Å². The second-order valence-corrected chi connectivity index (χ2v) is 7.32. The fraction of sp³-hybridized carbons (Fsp3) is 0.160. The van der Waals surface area contributed by atoms with E-state index in [4.69, 9.17) is 5.11 Å². The summed E-state index contributed by atoms with van der Waals surface area (Å²) in [5, 5.41) is 14.2. The number of aliphatic hydroxyl groups is 1. The van der Waals surface area contributed by atoms with E-state index >= 15 is 0 Å². The highest BCUT2D eigenvalue weighted by atomic mass is 32.1. The van der Waals surface area contributed by atoms with Crippen LogP contribution in [0.15, 0.2) is 90.1 Å². The molecule has 0 aliphatic rings. The zero-order valence-corrected chi connectivity index (χ0v) is 17.4. The van der Waals surface area contributed by atoms with Gasteiger partial charge < -0.3 is 10.4 Å². The summed E-state index contributed by atoms with van der Waals surface area (Å²) in [5.41, 5.74) is 5.01. The molecule has 4 aromatic rings. The maximum atomic E-state index is 8.70. The third-order valence-corrected chi connectivity index (χ3v) is 4.97. The number of hydrogen-bond donors (Lipinski definition) is 3. The molecular formula is C25H26N2OS. The Kier molecular flexibility index (Phi) is 7.82. The maximum absolute atomic E-state index is 8.70. The van der Waals surface area contributed by atoms with Gasteiger partial charge in [-0.2, -0.15) is 0 Å². The number of fused-ring (bicyclic) bond motifs is 1. The monoisotopic (exact) mass is 402 g/mol. The van der Waals surface area contributed by atoms with Gasteiger partial charge in [-0.25, -0.2) is 0 Å². The van der Waals surface area contributed by atoms with Crippen LogP contribution in [0.3, 0.4) is 0 Å². The van der Waals surface area contributed by atoms with Crippen molar-refractivity contribution in [3.05, 3.63) is 96.3 Å². The van der Waals surface area contributed by atoms with Gasteiger partial charge in [-0.1, -0.05) is 66.2 Å². The molecule has 0 amide bonds. The number of benzene rings is 3. The largest absolute Gasteiger partial charge is 0.395 e. The van der Waals surface area contributed by atoms with E-state index < -0.39 is 0 Å². The second-order valence-electron chi connectivity index (χ2n) is 6.84. The summed E-state index contributed by atoms with van der Waals surface area (Å²) in [6, 6.07) is 25.0. The predicted octanol–water partition coefficient (Wildman–Crippen LogP) is 5.27. The fourth-order valence-corrected chi connectivity index (χ4v) is 3.35. The Bertz CT molecular complexity index is 1040. The third kappa shape index (κ3) is 6.16. The van der Waals surface area contributed by atoms with Crippen LogP contribution < -0.4 is 5.32 Å². The average molecular weight is 403 g/mol. The number of rotatable bonds is 5. The Hall–Kier alpha value is -2.66. The normalized spacial score (nSPS) is 10.4. The molecule has 2 N–H and O–H groups in total. The molecule has 0 spiro atoms. The first-order valence-corrected chi connectivity index (χ1v) is 10.1. The Morgan fingerprint density at radius 1 is 0.931 bits per heavy atom. The highest BCUT2D eigenvalue weighted by molar-refractivity contribution is 7.80. The molecule has 0 aliphatic carbocycles. The molecule has 0 fully saturated rings. The van der Waals surface area contributed by atoms with E-state index in [1.807, 2.05) is 30.5 Å². The number of nitrogens with one attached hydrogen (secondary N) is 1. The van der Waals surface area contributed by atoms with Crippen molar-refractivity contribution in [2.75, 3.05) is 13.2 Å². The summed E-state index contributed by atoms with van der Waals surface area (Å²) in [6.45, 7) is 3.73. The van der Waals surface area contributed by atoms with Crippen LogP contribution >= 0.6 is 12.6 Å². The molecule has 1 aromatic heterocycles. The molecule has 4 heteroatoms. The van der Waals surface area contributed by atoms with Gasteiger partial charge >= 0.3 is 0 Å². The summed E-state index contributed by atoms with van der Waals surface area (Å²) < 4.78 is 0. The SMILES string of the molecule is Cc1cccc(-c2ccc(CNCCO)cc2)c1.Sc1cccc2cnccc12. The van der Waals surface area contributed by atoms with Crippen LogP contribution in [0.2, 0.25) is 0 Å². The molecule has 0 saturated carbocycles. The topological polar surface area (TPSA) is 45.1 Å². The predicted molar refractivity (Wildman–Crippen MR) is 124 cm³/mol. The number of hydrogen-bond acceptors (Lipinski definition) is 4. The minimum Gasteiger partial charge on any atom is -0.395 e. The lowest BCUT2D eigenvalue weighted by atomic mass is 10.0. The fourth-order valence-electron chi connectivity index (χ4n) is 3.06. The van der Waals surface area contributed by atoms with Gasteiger partial charge in [0.05, 0.1) is 6.61 Å². The van der Waals surface area contributed by atoms with Crippen molar-refractivity contribution in [1.82, 2.24) is 10.3 Å². The number of aromatic nitrogens is 1. The lowest BCUT2D eigenvalue weighted by Crippen LogP contribution is -2.17. The zero-order valence-electron chi connectivity index (χ0n) is 16.5. The number of aliphatic hydroxyl groups excluding tert-OH is 1. The van der Waals surface area contributed by atoms with Crippen molar-refractivity contribution in [3.63, 3.8) is 0 Å². The van der Waals surface area contributed by atoms with Crippen LogP contribution in [0, 0.1) is 6.92 Å². The quantitative estimate of drug-likeness (QED) is 0.315. The van der Waals surface area contributed by atoms with Crippen molar-refractivity contribution in [2.24, 2.45) is 0 Å². The Morgan fingerprint density at radius 3 is 2.45 bits per heavy atom. The Balaban J connectivity index is 0.000000186. The first kappa shape index (κ1) is 21.1. The standard InChI is InChI=1S/C16H19NO.C9H7NS/c1-13-3-2-4-16(11-13)15-7-5-14(6-8-15)12-17-9-10-18;11-9-3-1-2-7-6-10-5-4-8(7)9/h2-8,11,17-18H,9-10,12H2,1H3;1-6,11H. The van der Waals surface area contributed by atoms with E-state index in [1.165, 1.54) is 22.3 Å². The molecule has 0 aliphatic heterocycles. The van der Waals surface area contributed by atoms with Crippen molar-refractivity contribution in [2.45, 2.75) is 18.4 Å². The Labute approximate surface area is 177 Å². The van der Waals surface area contributed by atoms with E-state index in [9.17, 15) is 0 Å². The molecule has 3 aromatic carbocycles. The van der Waals surface area contributed by atoms with Crippen molar-refractivity contribution >= 4 is 23.4 Å². The minimum absolute atomic E-state index is 0.182. The summed E-state index contributed by atoms with van der Waals surface area (Å²) in [7, 11) is 0. The lowest BCUT2D eigenvalue weighted by molar-refractivity contribution is 0.292. The van der Waals surface area contributed by atoms with Gasteiger partial charge in [-0.3, -0.25) is 4.98 Å². The lowest BCUT2D eigenvalue weighted by Gasteiger charge is -2.06. The van der Waals surface area contributed by atoms with Gasteiger partial charge in [0, 0.05) is 35.8 Å². The van der Waals surface area contributed by atoms with Crippen molar-refractivity contribution in [3.8, 4) is 11.1 Å². The van der Waals surface area contributed by atoms with Gasteiger partial charge in [-0.05, 0) is 41.1 Å². The first-order chi connectivity index (χ1) is 14.2. The summed E-state index contributed by atoms with van der Waals surface area (Å²) in [6.07, 6.45) is 3.62. The van der Waals surface area contributed by atoms with Crippen molar-refractivity contribution in [1.29, 1.82) is 0 Å². The minimum atomic E-state index is 0.182. The van der Waals surface area contributed by atoms with Crippen LogP contribution in [0.5, 0.6) is 0 Å². The summed E-state index contributed by atoms with van der Waals surface area (Å²) in [5.74, 6) is 0. The molecule has 4 rings (SSSR count). The second kappa shape index (κ2) is 10.8. The smallest absolute Gasteiger partial charge is 0.0556 e. The number of nitrogens with zero attached hydrogens (tertiary/aromatic N) is 1. The summed E-state index contributed by atoms with van der Waals surface area (Å²) >= 11 is 4.32. The van der Waals surface area contributed by atoms with Crippen LogP contribution in [-0.4, -0.2) is 23.2 Å². The first-order valence-electron chi connectivity index (χ1n) is 9.66. The van der Waals surface area contributed by atoms with Gasteiger partial charge in [0.25, 0.3) is 0 Å². The van der Waals surface area contributed by atoms with Crippen LogP contribution in [0.1, 0.15) is 11.1 Å². The van der Waals surface area contributed by atoms with Crippen LogP contribution in [-0.2, 0) is 6.54 Å². The highest BCUT2D eigenvalue weighted by Crippen LogP contribution is 2.21. The van der Waals surface area contributed by atoms with E-state index in [2.05, 4.69) is 78.4 Å². The molecule has 1 heterocycles. The molecule has 0 radical (unpaired) electrons. The maximum Gasteiger partial charge on any atom is 0.0556 e. The highest BCUT2D eigenvalue weighted by Gasteiger charge is 1.98. The van der Waals surface area contributed by atoms with E-state index in [1.54, 1.807) is 6.20 Å². The molecule has 148 valence electrons. The van der Waals surface area contributed by atoms with Crippen LogP contribution in [0.25, 0.3) is 21.9 Å². The molecule has 29 heavy (non-hydrogen) atoms.